The van der Waals surface area contributed by atoms with Crippen molar-refractivity contribution in [2.24, 2.45) is 0 Å². The summed E-state index contributed by atoms with van der Waals surface area (Å²) in [5.74, 6) is -1.10. The largest absolute Gasteiger partial charge is 0.508 e. The standard InChI is InChI=1S/C22H22O10/c1-30-19(9-2-4-10(24)5-3-9)14-11-6-7-12(25)15(20(11)32-22(14)29)21-18(28)17(27)16(26)13(8-23)31-21/h2-7,13,16-18,21,23-28H,8H2,1H3/b19-14-/t13-,16-,17+,18-,21+/m0/s1. The van der Waals surface area contributed by atoms with Crippen LogP contribution in [0, 0.1) is 0 Å². The molecule has 0 unspecified atom stereocenters. The second-order valence-electron chi connectivity index (χ2n) is 7.47. The van der Waals surface area contributed by atoms with Crippen molar-refractivity contribution in [2.75, 3.05) is 13.7 Å². The lowest BCUT2D eigenvalue weighted by atomic mass is 9.89. The third-order valence-corrected chi connectivity index (χ3v) is 5.58. The third kappa shape index (κ3) is 3.48. The van der Waals surface area contributed by atoms with Gasteiger partial charge in [-0.1, -0.05) is 0 Å². The van der Waals surface area contributed by atoms with Crippen LogP contribution in [0.1, 0.15) is 22.8 Å². The van der Waals surface area contributed by atoms with Crippen molar-refractivity contribution in [2.45, 2.75) is 30.5 Å². The molecule has 4 rings (SSSR count). The number of phenols is 2. The molecule has 10 nitrogen and oxygen atoms in total. The van der Waals surface area contributed by atoms with Crippen molar-refractivity contribution >= 4 is 17.3 Å². The van der Waals surface area contributed by atoms with Crippen LogP contribution in [0.15, 0.2) is 36.4 Å². The topological polar surface area (TPSA) is 166 Å². The van der Waals surface area contributed by atoms with E-state index in [0.717, 1.165) is 0 Å². The highest BCUT2D eigenvalue weighted by Gasteiger charge is 2.47. The Morgan fingerprint density at radius 2 is 1.69 bits per heavy atom. The Balaban J connectivity index is 1.86. The van der Waals surface area contributed by atoms with E-state index in [0.29, 0.717) is 5.56 Å². The zero-order valence-corrected chi connectivity index (χ0v) is 16.9. The summed E-state index contributed by atoms with van der Waals surface area (Å²) in [6.45, 7) is -0.656. The van der Waals surface area contributed by atoms with E-state index in [1.165, 1.54) is 31.4 Å². The smallest absolute Gasteiger partial charge is 0.348 e. The molecule has 1 fully saturated rings. The number of phenolic OH excluding ortho intramolecular Hbond substituents is 2. The lowest BCUT2D eigenvalue weighted by Gasteiger charge is -2.40. The Morgan fingerprint density at radius 1 is 1.00 bits per heavy atom. The zero-order chi connectivity index (χ0) is 23.2. The van der Waals surface area contributed by atoms with Crippen molar-refractivity contribution in [3.05, 3.63) is 53.1 Å². The van der Waals surface area contributed by atoms with Gasteiger partial charge in [-0.3, -0.25) is 0 Å². The summed E-state index contributed by atoms with van der Waals surface area (Å²) in [4.78, 5) is 12.8. The SMILES string of the molecule is CO/C(=C1\C(=O)Oc2c1ccc(O)c2[C@H]1O[C@@H](CO)[C@H](O)[C@@H](O)[C@@H]1O)c1ccc(O)cc1. The summed E-state index contributed by atoms with van der Waals surface area (Å²) < 4.78 is 16.4. The van der Waals surface area contributed by atoms with Crippen molar-refractivity contribution < 1.29 is 49.6 Å². The van der Waals surface area contributed by atoms with Gasteiger partial charge in [-0.15, -0.1) is 0 Å². The van der Waals surface area contributed by atoms with Crippen LogP contribution in [-0.4, -0.2) is 74.7 Å². The quantitative estimate of drug-likeness (QED) is 0.163. The first-order valence-electron chi connectivity index (χ1n) is 9.75. The molecular weight excluding hydrogens is 424 g/mol. The average Bonchev–Trinajstić information content (AvgIpc) is 3.10. The van der Waals surface area contributed by atoms with E-state index in [2.05, 4.69) is 0 Å². The van der Waals surface area contributed by atoms with Crippen LogP contribution in [0.3, 0.4) is 0 Å². The maximum absolute atomic E-state index is 12.8. The molecule has 32 heavy (non-hydrogen) atoms. The Labute approximate surface area is 182 Å². The predicted octanol–water partition coefficient (Wildman–Crippen LogP) is 0.0464. The highest BCUT2D eigenvalue weighted by molar-refractivity contribution is 6.28. The fraction of sp³-hybridized carbons (Fsp3) is 0.318. The molecule has 10 heteroatoms. The maximum Gasteiger partial charge on any atom is 0.348 e. The summed E-state index contributed by atoms with van der Waals surface area (Å²) in [5, 5.41) is 60.2. The number of benzene rings is 2. The summed E-state index contributed by atoms with van der Waals surface area (Å²) in [6, 6.07) is 8.63. The number of esters is 1. The number of aliphatic hydroxyl groups is 4. The fourth-order valence-electron chi connectivity index (χ4n) is 3.96. The number of rotatable bonds is 4. The highest BCUT2D eigenvalue weighted by Crippen LogP contribution is 2.49. The van der Waals surface area contributed by atoms with Crippen LogP contribution in [0.25, 0.3) is 11.3 Å². The summed E-state index contributed by atoms with van der Waals surface area (Å²) in [6.07, 6.45) is -7.58. The van der Waals surface area contributed by atoms with Gasteiger partial charge in [0.05, 0.1) is 19.3 Å². The Bertz CT molecular complexity index is 1060. The van der Waals surface area contributed by atoms with Crippen LogP contribution in [0.5, 0.6) is 17.2 Å². The molecule has 0 aromatic heterocycles. The van der Waals surface area contributed by atoms with Crippen LogP contribution in [0.4, 0.5) is 0 Å². The number of aliphatic hydroxyl groups excluding tert-OH is 4. The highest BCUT2D eigenvalue weighted by atomic mass is 16.6. The monoisotopic (exact) mass is 446 g/mol. The lowest BCUT2D eigenvalue weighted by Crippen LogP contribution is -2.55. The number of hydrogen-bond donors (Lipinski definition) is 6. The minimum Gasteiger partial charge on any atom is -0.508 e. The Morgan fingerprint density at radius 3 is 2.31 bits per heavy atom. The third-order valence-electron chi connectivity index (χ3n) is 5.58. The molecule has 0 bridgehead atoms. The first-order valence-corrected chi connectivity index (χ1v) is 9.75. The molecule has 1 saturated heterocycles. The Hall–Kier alpha value is -3.15. The van der Waals surface area contributed by atoms with Gasteiger partial charge in [-0.05, 0) is 36.4 Å². The summed E-state index contributed by atoms with van der Waals surface area (Å²) in [7, 11) is 1.36. The van der Waals surface area contributed by atoms with Crippen LogP contribution in [-0.2, 0) is 14.3 Å². The van der Waals surface area contributed by atoms with Gasteiger partial charge in [0.15, 0.2) is 0 Å². The van der Waals surface area contributed by atoms with Gasteiger partial charge in [0.25, 0.3) is 0 Å². The van der Waals surface area contributed by atoms with E-state index in [4.69, 9.17) is 14.2 Å². The molecule has 2 aromatic rings. The molecule has 2 heterocycles. The van der Waals surface area contributed by atoms with E-state index < -0.39 is 43.1 Å². The van der Waals surface area contributed by atoms with Gasteiger partial charge < -0.3 is 44.8 Å². The predicted molar refractivity (Wildman–Crippen MR) is 108 cm³/mol. The molecular formula is C22H22O10. The minimum absolute atomic E-state index is 0.0263. The van der Waals surface area contributed by atoms with Crippen molar-refractivity contribution in [3.63, 3.8) is 0 Å². The van der Waals surface area contributed by atoms with Gasteiger partial charge in [0.1, 0.15) is 59.1 Å². The molecule has 0 aliphatic carbocycles. The number of carbonyl (C=O) groups excluding carboxylic acids is 1. The minimum atomic E-state index is -1.68. The van der Waals surface area contributed by atoms with E-state index >= 15 is 0 Å². The first-order chi connectivity index (χ1) is 15.3. The lowest BCUT2D eigenvalue weighted by molar-refractivity contribution is -0.232. The zero-order valence-electron chi connectivity index (χ0n) is 16.9. The number of hydrogen-bond acceptors (Lipinski definition) is 10. The number of fused-ring (bicyclic) bond motifs is 1. The molecule has 2 aliphatic heterocycles. The average molecular weight is 446 g/mol. The van der Waals surface area contributed by atoms with E-state index in [9.17, 15) is 35.4 Å². The van der Waals surface area contributed by atoms with Crippen molar-refractivity contribution in [1.82, 2.24) is 0 Å². The van der Waals surface area contributed by atoms with Crippen molar-refractivity contribution in [3.8, 4) is 17.2 Å². The normalized spacial score (nSPS) is 28.8. The van der Waals surface area contributed by atoms with Gasteiger partial charge in [-0.2, -0.15) is 0 Å². The van der Waals surface area contributed by atoms with Gasteiger partial charge in [0.2, 0.25) is 0 Å². The molecule has 0 saturated carbocycles. The molecule has 2 aliphatic rings. The van der Waals surface area contributed by atoms with E-state index in [1.54, 1.807) is 12.1 Å². The second kappa shape index (κ2) is 8.41. The molecule has 6 N–H and O–H groups in total. The van der Waals surface area contributed by atoms with E-state index in [-0.39, 0.29) is 39.7 Å². The molecule has 0 amide bonds. The fourth-order valence-corrected chi connectivity index (χ4v) is 3.96. The van der Waals surface area contributed by atoms with Gasteiger partial charge in [-0.25, -0.2) is 4.79 Å². The van der Waals surface area contributed by atoms with Crippen LogP contribution < -0.4 is 4.74 Å². The van der Waals surface area contributed by atoms with Crippen molar-refractivity contribution in [1.29, 1.82) is 0 Å². The second-order valence-corrected chi connectivity index (χ2v) is 7.47. The summed E-state index contributed by atoms with van der Waals surface area (Å²) in [5.41, 5.74) is 0.639. The summed E-state index contributed by atoms with van der Waals surface area (Å²) >= 11 is 0. The van der Waals surface area contributed by atoms with E-state index in [1.807, 2.05) is 0 Å². The maximum atomic E-state index is 12.8. The molecule has 0 radical (unpaired) electrons. The van der Waals surface area contributed by atoms with Gasteiger partial charge in [0, 0.05) is 11.1 Å². The number of ether oxygens (including phenoxy) is 3. The molecule has 5 atom stereocenters. The van der Waals surface area contributed by atoms with Crippen LogP contribution >= 0.6 is 0 Å². The van der Waals surface area contributed by atoms with Gasteiger partial charge >= 0.3 is 5.97 Å². The Kier molecular flexibility index (Phi) is 5.80. The molecule has 0 spiro atoms. The number of aromatic hydroxyl groups is 2. The number of methoxy groups -OCH3 is 1. The molecule has 170 valence electrons. The van der Waals surface area contributed by atoms with Crippen LogP contribution in [0.2, 0.25) is 0 Å². The molecule has 2 aromatic carbocycles. The number of carbonyl (C=O) groups is 1. The first kappa shape index (κ1) is 22.1.